The first-order chi connectivity index (χ1) is 15.3. The van der Waals surface area contributed by atoms with Gasteiger partial charge in [0.15, 0.2) is 0 Å². The van der Waals surface area contributed by atoms with Crippen molar-refractivity contribution >= 4 is 5.91 Å². The number of hydrogen-bond acceptors (Lipinski definition) is 4. The Kier molecular flexibility index (Phi) is 7.38. The Hall–Kier alpha value is -1.69. The zero-order chi connectivity index (χ0) is 22.7. The molecule has 1 aromatic rings. The van der Waals surface area contributed by atoms with E-state index in [1.165, 1.54) is 38.6 Å². The van der Waals surface area contributed by atoms with E-state index in [9.17, 15) is 9.59 Å². The lowest BCUT2D eigenvalue weighted by molar-refractivity contribution is -0.140. The van der Waals surface area contributed by atoms with Crippen LogP contribution in [0.4, 0.5) is 0 Å². The van der Waals surface area contributed by atoms with E-state index in [0.29, 0.717) is 12.5 Å². The van der Waals surface area contributed by atoms with E-state index in [2.05, 4.69) is 9.88 Å². The van der Waals surface area contributed by atoms with E-state index in [-0.39, 0.29) is 22.8 Å². The highest BCUT2D eigenvalue weighted by Gasteiger charge is 2.32. The molecule has 1 aliphatic carbocycles. The molecule has 2 aliphatic heterocycles. The van der Waals surface area contributed by atoms with Crippen LogP contribution in [0.1, 0.15) is 102 Å². The van der Waals surface area contributed by atoms with Crippen molar-refractivity contribution < 1.29 is 4.79 Å². The Morgan fingerprint density at radius 3 is 2.41 bits per heavy atom. The average molecular weight is 443 g/mol. The summed E-state index contributed by atoms with van der Waals surface area (Å²) in [5.41, 5.74) is 0.453. The van der Waals surface area contributed by atoms with Crippen LogP contribution >= 0.6 is 0 Å². The van der Waals surface area contributed by atoms with Crippen LogP contribution in [0, 0.1) is 11.3 Å². The molecule has 1 saturated carbocycles. The van der Waals surface area contributed by atoms with Gasteiger partial charge in [0.25, 0.3) is 5.56 Å². The van der Waals surface area contributed by atoms with Crippen molar-refractivity contribution in [3.05, 3.63) is 27.9 Å². The number of rotatable bonds is 4. The molecule has 178 valence electrons. The molecule has 3 heterocycles. The summed E-state index contributed by atoms with van der Waals surface area (Å²) in [6.07, 6.45) is 11.1. The van der Waals surface area contributed by atoms with Crippen LogP contribution in [0.25, 0.3) is 0 Å². The smallest absolute Gasteiger partial charge is 0.251 e. The van der Waals surface area contributed by atoms with Gasteiger partial charge in [-0.05, 0) is 57.5 Å². The average Bonchev–Trinajstić information content (AvgIpc) is 2.79. The molecule has 0 bridgehead atoms. The number of aromatic nitrogens is 2. The summed E-state index contributed by atoms with van der Waals surface area (Å²) >= 11 is 0. The van der Waals surface area contributed by atoms with Gasteiger partial charge in [0.1, 0.15) is 5.82 Å². The topological polar surface area (TPSA) is 69.3 Å². The maximum Gasteiger partial charge on any atom is 0.251 e. The highest BCUT2D eigenvalue weighted by atomic mass is 16.2. The van der Waals surface area contributed by atoms with Crippen molar-refractivity contribution in [2.24, 2.45) is 11.3 Å². The minimum absolute atomic E-state index is 0.0473. The zero-order valence-corrected chi connectivity index (χ0v) is 20.4. The number of carbonyl (C=O) groups excluding carboxylic acids is 1. The molecule has 0 spiro atoms. The number of nitrogens with zero attached hydrogens (tertiary/aromatic N) is 3. The minimum Gasteiger partial charge on any atom is -0.342 e. The molecule has 0 radical (unpaired) electrons. The van der Waals surface area contributed by atoms with Crippen LogP contribution < -0.4 is 5.56 Å². The van der Waals surface area contributed by atoms with Crippen LogP contribution in [0.15, 0.2) is 10.9 Å². The SMILES string of the molecule is CC(C)(C)C(=O)N1CCC[C@@H](c2cc(=O)[nH]c(C3CCN(CC4CCCCC4)CC3)n2)C1. The van der Waals surface area contributed by atoms with Crippen molar-refractivity contribution in [2.75, 3.05) is 32.7 Å². The largest absolute Gasteiger partial charge is 0.342 e. The van der Waals surface area contributed by atoms with Crippen LogP contribution in [-0.2, 0) is 4.79 Å². The number of hydrogen-bond donors (Lipinski definition) is 1. The number of likely N-dealkylation sites (tertiary alicyclic amines) is 2. The number of piperidine rings is 2. The molecule has 6 heteroatoms. The Bertz CT molecular complexity index is 829. The second-order valence-electron chi connectivity index (χ2n) is 11.5. The summed E-state index contributed by atoms with van der Waals surface area (Å²) in [5, 5.41) is 0. The van der Waals surface area contributed by atoms with Crippen molar-refractivity contribution in [1.29, 1.82) is 0 Å². The van der Waals surface area contributed by atoms with Gasteiger partial charge in [0.05, 0.1) is 5.69 Å². The zero-order valence-electron chi connectivity index (χ0n) is 20.4. The quantitative estimate of drug-likeness (QED) is 0.756. The molecule has 6 nitrogen and oxygen atoms in total. The standard InChI is InChI=1S/C26H42N4O2/c1-26(2,3)25(32)30-13-7-10-21(18-30)22-16-23(31)28-24(27-22)20-11-14-29(15-12-20)17-19-8-5-4-6-9-19/h16,19-21H,4-15,17-18H2,1-3H3,(H,27,28,31)/t21-/m1/s1. The monoisotopic (exact) mass is 442 g/mol. The van der Waals surface area contributed by atoms with Crippen LogP contribution in [0.2, 0.25) is 0 Å². The number of nitrogens with one attached hydrogen (secondary N) is 1. The number of H-pyrrole nitrogens is 1. The fourth-order valence-corrected chi connectivity index (χ4v) is 5.90. The molecule has 1 aromatic heterocycles. The van der Waals surface area contributed by atoms with Gasteiger partial charge in [-0.25, -0.2) is 4.98 Å². The Balaban J connectivity index is 1.39. The summed E-state index contributed by atoms with van der Waals surface area (Å²) in [4.78, 5) is 37.9. The second-order valence-corrected chi connectivity index (χ2v) is 11.5. The summed E-state index contributed by atoms with van der Waals surface area (Å²) in [6, 6.07) is 1.66. The first-order valence-electron chi connectivity index (χ1n) is 12.9. The van der Waals surface area contributed by atoms with Crippen molar-refractivity contribution in [2.45, 2.75) is 90.4 Å². The predicted octanol–water partition coefficient (Wildman–Crippen LogP) is 4.28. The molecule has 2 saturated heterocycles. The summed E-state index contributed by atoms with van der Waals surface area (Å²) in [7, 11) is 0. The maximum absolute atomic E-state index is 12.8. The highest BCUT2D eigenvalue weighted by molar-refractivity contribution is 5.81. The Morgan fingerprint density at radius 1 is 1.00 bits per heavy atom. The van der Waals surface area contributed by atoms with Gasteiger partial charge in [-0.15, -0.1) is 0 Å². The highest BCUT2D eigenvalue weighted by Crippen LogP contribution is 2.31. The van der Waals surface area contributed by atoms with E-state index in [0.717, 1.165) is 62.8 Å². The lowest BCUT2D eigenvalue weighted by Crippen LogP contribution is -2.45. The third kappa shape index (κ3) is 5.81. The first-order valence-corrected chi connectivity index (χ1v) is 12.9. The molecule has 0 unspecified atom stereocenters. The second kappa shape index (κ2) is 10.1. The lowest BCUT2D eigenvalue weighted by atomic mass is 9.87. The van der Waals surface area contributed by atoms with E-state index < -0.39 is 0 Å². The van der Waals surface area contributed by atoms with Gasteiger partial charge in [-0.3, -0.25) is 9.59 Å². The molecule has 4 rings (SSSR count). The molecule has 0 aromatic carbocycles. The fraction of sp³-hybridized carbons (Fsp3) is 0.808. The van der Waals surface area contributed by atoms with E-state index in [4.69, 9.17) is 4.98 Å². The van der Waals surface area contributed by atoms with Gasteiger partial charge >= 0.3 is 0 Å². The fourth-order valence-electron chi connectivity index (χ4n) is 5.90. The van der Waals surface area contributed by atoms with Gasteiger partial charge < -0.3 is 14.8 Å². The number of aromatic amines is 1. The summed E-state index contributed by atoms with van der Waals surface area (Å²) in [5.74, 6) is 2.43. The molecule has 3 aliphatic rings. The summed E-state index contributed by atoms with van der Waals surface area (Å²) < 4.78 is 0. The van der Waals surface area contributed by atoms with Crippen LogP contribution in [0.5, 0.6) is 0 Å². The predicted molar refractivity (Wildman–Crippen MR) is 128 cm³/mol. The molecule has 32 heavy (non-hydrogen) atoms. The number of amides is 1. The maximum atomic E-state index is 12.8. The van der Waals surface area contributed by atoms with Crippen LogP contribution in [-0.4, -0.2) is 58.4 Å². The normalized spacial score (nSPS) is 24.6. The van der Waals surface area contributed by atoms with Gasteiger partial charge in [0, 0.05) is 43.0 Å². The van der Waals surface area contributed by atoms with Gasteiger partial charge in [0.2, 0.25) is 5.91 Å². The van der Waals surface area contributed by atoms with Crippen molar-refractivity contribution in [3.63, 3.8) is 0 Å². The molecular formula is C26H42N4O2. The third-order valence-electron chi connectivity index (χ3n) is 7.76. The lowest BCUT2D eigenvalue weighted by Gasteiger charge is -2.37. The minimum atomic E-state index is -0.375. The van der Waals surface area contributed by atoms with E-state index in [1.807, 2.05) is 25.7 Å². The number of carbonyl (C=O) groups is 1. The van der Waals surface area contributed by atoms with Crippen molar-refractivity contribution in [3.8, 4) is 0 Å². The molecule has 1 N–H and O–H groups in total. The third-order valence-corrected chi connectivity index (χ3v) is 7.76. The first kappa shape index (κ1) is 23.5. The Morgan fingerprint density at radius 2 is 1.72 bits per heavy atom. The molecule has 1 atom stereocenters. The Labute approximate surface area is 193 Å². The molecule has 1 amide bonds. The van der Waals surface area contributed by atoms with Gasteiger partial charge in [-0.2, -0.15) is 0 Å². The summed E-state index contributed by atoms with van der Waals surface area (Å²) in [6.45, 7) is 10.9. The van der Waals surface area contributed by atoms with Crippen molar-refractivity contribution in [1.82, 2.24) is 19.8 Å². The van der Waals surface area contributed by atoms with E-state index in [1.54, 1.807) is 6.07 Å². The molecule has 3 fully saturated rings. The molecular weight excluding hydrogens is 400 g/mol. The van der Waals surface area contributed by atoms with Gasteiger partial charge in [-0.1, -0.05) is 40.0 Å². The van der Waals surface area contributed by atoms with Crippen LogP contribution in [0.3, 0.4) is 0 Å². The van der Waals surface area contributed by atoms with E-state index >= 15 is 0 Å².